The van der Waals surface area contributed by atoms with Gasteiger partial charge in [-0.2, -0.15) is 0 Å². The quantitative estimate of drug-likeness (QED) is 0.682. The number of hydrogen-bond donors (Lipinski definition) is 0. The van der Waals surface area contributed by atoms with Crippen LogP contribution in [0.3, 0.4) is 0 Å². The Morgan fingerprint density at radius 1 is 1.25 bits per heavy atom. The molecule has 1 aliphatic carbocycles. The van der Waals surface area contributed by atoms with E-state index in [9.17, 15) is 0 Å². The normalized spacial score (nSPS) is 15.1. The predicted molar refractivity (Wildman–Crippen MR) is 74.6 cm³/mol. The Bertz CT molecular complexity index is 761. The van der Waals surface area contributed by atoms with Gasteiger partial charge in [0.15, 0.2) is 5.58 Å². The van der Waals surface area contributed by atoms with Crippen LogP contribution >= 0.6 is 11.8 Å². The van der Waals surface area contributed by atoms with Crippen LogP contribution in [0.1, 0.15) is 36.1 Å². The highest BCUT2D eigenvalue weighted by molar-refractivity contribution is 7.98. The number of thioether (sulfide) groups is 1. The number of nitrogens with zero attached hydrogens (tertiary/aromatic N) is 3. The van der Waals surface area contributed by atoms with Crippen LogP contribution in [0.25, 0.3) is 11.1 Å². The first-order valence-corrected chi connectivity index (χ1v) is 7.59. The van der Waals surface area contributed by atoms with E-state index in [0.717, 1.165) is 17.0 Å². The van der Waals surface area contributed by atoms with Crippen molar-refractivity contribution in [1.82, 2.24) is 15.2 Å². The Morgan fingerprint density at radius 3 is 3.00 bits per heavy atom. The van der Waals surface area contributed by atoms with Crippen molar-refractivity contribution in [3.8, 4) is 0 Å². The number of hydrogen-bond acceptors (Lipinski definition) is 6. The molecule has 6 heteroatoms. The van der Waals surface area contributed by atoms with Crippen LogP contribution in [0.15, 0.2) is 32.3 Å². The van der Waals surface area contributed by atoms with Gasteiger partial charge in [-0.3, -0.25) is 0 Å². The molecule has 0 N–H and O–H groups in total. The van der Waals surface area contributed by atoms with E-state index in [-0.39, 0.29) is 0 Å². The van der Waals surface area contributed by atoms with E-state index in [2.05, 4.69) is 15.2 Å². The SMILES string of the molecule is Cc1ccc2oc(SCc3nnc(C4CC4)o3)nc2c1. The van der Waals surface area contributed by atoms with Crippen molar-refractivity contribution in [3.63, 3.8) is 0 Å². The summed E-state index contributed by atoms with van der Waals surface area (Å²) in [7, 11) is 0. The van der Waals surface area contributed by atoms with E-state index >= 15 is 0 Å². The molecule has 0 bridgehead atoms. The lowest BCUT2D eigenvalue weighted by molar-refractivity contribution is 0.463. The third kappa shape index (κ3) is 2.31. The summed E-state index contributed by atoms with van der Waals surface area (Å²) in [5.41, 5.74) is 2.87. The second kappa shape index (κ2) is 4.63. The lowest BCUT2D eigenvalue weighted by atomic mass is 10.2. The summed E-state index contributed by atoms with van der Waals surface area (Å²) >= 11 is 1.48. The van der Waals surface area contributed by atoms with Crippen LogP contribution in [0.5, 0.6) is 0 Å². The number of rotatable bonds is 4. The summed E-state index contributed by atoms with van der Waals surface area (Å²) in [6, 6.07) is 5.97. The van der Waals surface area contributed by atoms with Gasteiger partial charge in [-0.05, 0) is 37.5 Å². The van der Waals surface area contributed by atoms with Crippen LogP contribution in [-0.2, 0) is 5.75 Å². The highest BCUT2D eigenvalue weighted by Crippen LogP contribution is 2.39. The average Bonchev–Trinajstić information content (AvgIpc) is 3.04. The van der Waals surface area contributed by atoms with Gasteiger partial charge < -0.3 is 8.83 Å². The van der Waals surface area contributed by atoms with Gasteiger partial charge in [0.05, 0.1) is 5.75 Å². The predicted octanol–water partition coefficient (Wildman–Crippen LogP) is 3.69. The summed E-state index contributed by atoms with van der Waals surface area (Å²) in [6.07, 6.45) is 2.33. The Morgan fingerprint density at radius 2 is 2.15 bits per heavy atom. The maximum Gasteiger partial charge on any atom is 0.257 e. The van der Waals surface area contributed by atoms with Crippen molar-refractivity contribution < 1.29 is 8.83 Å². The monoisotopic (exact) mass is 287 g/mol. The summed E-state index contributed by atoms with van der Waals surface area (Å²) in [5, 5.41) is 8.75. The second-order valence-electron chi connectivity index (χ2n) is 5.05. The summed E-state index contributed by atoms with van der Waals surface area (Å²) < 4.78 is 11.3. The van der Waals surface area contributed by atoms with Gasteiger partial charge in [-0.1, -0.05) is 17.8 Å². The average molecular weight is 287 g/mol. The van der Waals surface area contributed by atoms with Gasteiger partial charge in [0, 0.05) is 5.92 Å². The van der Waals surface area contributed by atoms with Gasteiger partial charge in [0.2, 0.25) is 11.8 Å². The number of benzene rings is 1. The van der Waals surface area contributed by atoms with Crippen LogP contribution in [-0.4, -0.2) is 15.2 Å². The highest BCUT2D eigenvalue weighted by atomic mass is 32.2. The third-order valence-corrected chi connectivity index (χ3v) is 4.06. The molecule has 1 aliphatic rings. The molecule has 102 valence electrons. The Kier molecular flexibility index (Phi) is 2.77. The maximum absolute atomic E-state index is 5.67. The van der Waals surface area contributed by atoms with Gasteiger partial charge in [-0.25, -0.2) is 4.98 Å². The van der Waals surface area contributed by atoms with Crippen LogP contribution < -0.4 is 0 Å². The molecule has 1 aromatic carbocycles. The molecule has 0 radical (unpaired) electrons. The molecular weight excluding hydrogens is 274 g/mol. The Balaban J connectivity index is 1.48. The topological polar surface area (TPSA) is 65.0 Å². The molecule has 2 aromatic heterocycles. The molecule has 0 amide bonds. The molecule has 20 heavy (non-hydrogen) atoms. The molecule has 1 saturated carbocycles. The van der Waals surface area contributed by atoms with E-state index in [1.54, 1.807) is 0 Å². The number of aryl methyl sites for hydroxylation is 1. The Labute approximate surface area is 119 Å². The summed E-state index contributed by atoms with van der Waals surface area (Å²) in [4.78, 5) is 4.45. The molecule has 3 aromatic rings. The number of oxazole rings is 1. The molecule has 0 unspecified atom stereocenters. The van der Waals surface area contributed by atoms with Crippen molar-refractivity contribution in [2.45, 2.75) is 36.7 Å². The van der Waals surface area contributed by atoms with Gasteiger partial charge in [0.25, 0.3) is 5.22 Å². The molecular formula is C14H13N3O2S. The molecule has 5 nitrogen and oxygen atoms in total. The van der Waals surface area contributed by atoms with Gasteiger partial charge in [0.1, 0.15) is 5.52 Å². The van der Waals surface area contributed by atoms with Crippen LogP contribution in [0, 0.1) is 6.92 Å². The van der Waals surface area contributed by atoms with Crippen molar-refractivity contribution in [1.29, 1.82) is 0 Å². The maximum atomic E-state index is 5.67. The van der Waals surface area contributed by atoms with E-state index in [4.69, 9.17) is 8.83 Å². The lowest BCUT2D eigenvalue weighted by Gasteiger charge is -1.90. The zero-order valence-electron chi connectivity index (χ0n) is 11.0. The zero-order valence-corrected chi connectivity index (χ0v) is 11.8. The number of fused-ring (bicyclic) bond motifs is 1. The minimum Gasteiger partial charge on any atom is -0.431 e. The van der Waals surface area contributed by atoms with E-state index < -0.39 is 0 Å². The van der Waals surface area contributed by atoms with Gasteiger partial charge >= 0.3 is 0 Å². The lowest BCUT2D eigenvalue weighted by Crippen LogP contribution is -1.80. The van der Waals surface area contributed by atoms with E-state index in [1.165, 1.54) is 30.2 Å². The minimum atomic E-state index is 0.494. The van der Waals surface area contributed by atoms with Crippen molar-refractivity contribution in [2.24, 2.45) is 0 Å². The fourth-order valence-electron chi connectivity index (χ4n) is 2.02. The number of aromatic nitrogens is 3. The molecule has 4 rings (SSSR count). The Hall–Kier alpha value is -1.82. The van der Waals surface area contributed by atoms with Crippen LogP contribution in [0.4, 0.5) is 0 Å². The first kappa shape index (κ1) is 12.0. The molecule has 1 fully saturated rings. The van der Waals surface area contributed by atoms with Gasteiger partial charge in [-0.15, -0.1) is 10.2 Å². The second-order valence-corrected chi connectivity index (χ2v) is 5.97. The smallest absolute Gasteiger partial charge is 0.257 e. The summed E-state index contributed by atoms with van der Waals surface area (Å²) in [5.74, 6) is 2.49. The molecule has 0 atom stereocenters. The molecule has 0 aliphatic heterocycles. The van der Waals surface area contributed by atoms with E-state index in [0.29, 0.717) is 22.8 Å². The first-order valence-electron chi connectivity index (χ1n) is 6.60. The third-order valence-electron chi connectivity index (χ3n) is 3.25. The molecule has 0 spiro atoms. The van der Waals surface area contributed by atoms with Crippen molar-refractivity contribution >= 4 is 22.9 Å². The standard InChI is InChI=1S/C14H13N3O2S/c1-8-2-5-11-10(6-8)15-14(18-11)20-7-12-16-17-13(19-12)9-3-4-9/h2,5-6,9H,3-4,7H2,1H3. The first-order chi connectivity index (χ1) is 9.78. The zero-order chi connectivity index (χ0) is 13.5. The fourth-order valence-corrected chi connectivity index (χ4v) is 2.70. The molecule has 0 saturated heterocycles. The summed E-state index contributed by atoms with van der Waals surface area (Å²) in [6.45, 7) is 2.04. The minimum absolute atomic E-state index is 0.494. The largest absolute Gasteiger partial charge is 0.431 e. The van der Waals surface area contributed by atoms with Crippen molar-refractivity contribution in [3.05, 3.63) is 35.5 Å². The highest BCUT2D eigenvalue weighted by Gasteiger charge is 2.29. The van der Waals surface area contributed by atoms with Crippen molar-refractivity contribution in [2.75, 3.05) is 0 Å². The van der Waals surface area contributed by atoms with Crippen LogP contribution in [0.2, 0.25) is 0 Å². The fraction of sp³-hybridized carbons (Fsp3) is 0.357. The molecule has 2 heterocycles. The van der Waals surface area contributed by atoms with E-state index in [1.807, 2.05) is 25.1 Å².